The number of aromatic nitrogens is 1. The van der Waals surface area contributed by atoms with Gasteiger partial charge < -0.3 is 5.32 Å². The molecule has 0 bridgehead atoms. The molecule has 0 spiro atoms. The SMILES string of the molecule is Cc1ccc(NC(=O)C(C(=O)/C=C/c2ccccn2)=C2SCCS2)cc1. The number of rotatable bonds is 5. The molecule has 0 radical (unpaired) electrons. The molecule has 0 atom stereocenters. The van der Waals surface area contributed by atoms with Crippen LogP contribution in [0.4, 0.5) is 5.69 Å². The molecule has 1 aromatic carbocycles. The average Bonchev–Trinajstić information content (AvgIpc) is 3.17. The van der Waals surface area contributed by atoms with Crippen LogP contribution in [0.15, 0.2) is 64.5 Å². The summed E-state index contributed by atoms with van der Waals surface area (Å²) >= 11 is 3.11. The van der Waals surface area contributed by atoms with Crippen LogP contribution in [-0.2, 0) is 9.59 Å². The predicted molar refractivity (Wildman–Crippen MR) is 110 cm³/mol. The summed E-state index contributed by atoms with van der Waals surface area (Å²) in [5.74, 6) is 1.12. The van der Waals surface area contributed by atoms with Crippen LogP contribution in [0.5, 0.6) is 0 Å². The molecular formula is C20H18N2O2S2. The zero-order valence-electron chi connectivity index (χ0n) is 14.3. The number of nitrogens with zero attached hydrogens (tertiary/aromatic N) is 1. The number of nitrogens with one attached hydrogen (secondary N) is 1. The van der Waals surface area contributed by atoms with E-state index in [1.54, 1.807) is 35.8 Å². The molecule has 2 heterocycles. The number of hydrogen-bond donors (Lipinski definition) is 1. The van der Waals surface area contributed by atoms with Gasteiger partial charge in [-0.2, -0.15) is 0 Å². The molecule has 6 heteroatoms. The van der Waals surface area contributed by atoms with Crippen LogP contribution in [-0.4, -0.2) is 28.2 Å². The molecule has 2 aromatic rings. The Morgan fingerprint density at radius 2 is 1.81 bits per heavy atom. The third kappa shape index (κ3) is 4.86. The second-order valence-corrected chi connectivity index (χ2v) is 8.10. The van der Waals surface area contributed by atoms with Crippen molar-refractivity contribution in [2.75, 3.05) is 16.8 Å². The lowest BCUT2D eigenvalue weighted by atomic mass is 10.1. The molecule has 26 heavy (non-hydrogen) atoms. The first-order valence-corrected chi connectivity index (χ1v) is 10.1. The number of aryl methyl sites for hydroxylation is 1. The Bertz CT molecular complexity index is 851. The van der Waals surface area contributed by atoms with Gasteiger partial charge in [0.1, 0.15) is 5.57 Å². The summed E-state index contributed by atoms with van der Waals surface area (Å²) in [7, 11) is 0. The minimum absolute atomic E-state index is 0.199. The van der Waals surface area contributed by atoms with E-state index in [9.17, 15) is 9.59 Å². The molecule has 1 aromatic heterocycles. The highest BCUT2D eigenvalue weighted by Gasteiger charge is 2.25. The molecule has 0 unspecified atom stereocenters. The maximum atomic E-state index is 12.8. The van der Waals surface area contributed by atoms with Crippen molar-refractivity contribution >= 4 is 47.0 Å². The molecule has 1 N–H and O–H groups in total. The summed E-state index contributed by atoms with van der Waals surface area (Å²) in [4.78, 5) is 29.7. The summed E-state index contributed by atoms with van der Waals surface area (Å²) < 4.78 is 0.783. The van der Waals surface area contributed by atoms with Crippen LogP contribution in [0.1, 0.15) is 11.3 Å². The largest absolute Gasteiger partial charge is 0.322 e. The Morgan fingerprint density at radius 1 is 1.08 bits per heavy atom. The van der Waals surface area contributed by atoms with Crippen LogP contribution in [0, 0.1) is 6.92 Å². The normalized spacial score (nSPS) is 13.8. The Morgan fingerprint density at radius 3 is 2.46 bits per heavy atom. The van der Waals surface area contributed by atoms with E-state index in [0.717, 1.165) is 21.3 Å². The Labute approximate surface area is 161 Å². The number of thioether (sulfide) groups is 2. The van der Waals surface area contributed by atoms with Gasteiger partial charge in [-0.1, -0.05) is 23.8 Å². The van der Waals surface area contributed by atoms with Crippen LogP contribution in [0.3, 0.4) is 0 Å². The van der Waals surface area contributed by atoms with Crippen molar-refractivity contribution in [2.24, 2.45) is 0 Å². The maximum absolute atomic E-state index is 12.8. The zero-order chi connectivity index (χ0) is 18.4. The number of allylic oxidation sites excluding steroid dienone is 1. The smallest absolute Gasteiger partial charge is 0.261 e. The first-order chi connectivity index (χ1) is 12.6. The number of ketones is 1. The fourth-order valence-corrected chi connectivity index (χ4v) is 4.86. The van der Waals surface area contributed by atoms with E-state index >= 15 is 0 Å². The first-order valence-electron chi connectivity index (χ1n) is 8.15. The van der Waals surface area contributed by atoms with Crippen molar-refractivity contribution in [3.8, 4) is 0 Å². The highest BCUT2D eigenvalue weighted by molar-refractivity contribution is 8.25. The van der Waals surface area contributed by atoms with E-state index in [2.05, 4.69) is 10.3 Å². The third-order valence-electron chi connectivity index (χ3n) is 3.63. The summed E-state index contributed by atoms with van der Waals surface area (Å²) in [6, 6.07) is 13.0. The van der Waals surface area contributed by atoms with Crippen LogP contribution >= 0.6 is 23.5 Å². The van der Waals surface area contributed by atoms with E-state index in [1.807, 2.05) is 49.4 Å². The van der Waals surface area contributed by atoms with Crippen molar-refractivity contribution in [1.29, 1.82) is 0 Å². The minimum Gasteiger partial charge on any atom is -0.322 e. The quantitative estimate of drug-likeness (QED) is 0.475. The topological polar surface area (TPSA) is 59.1 Å². The molecule has 4 nitrogen and oxygen atoms in total. The predicted octanol–water partition coefficient (Wildman–Crippen LogP) is 4.30. The van der Waals surface area contributed by atoms with E-state index in [0.29, 0.717) is 11.4 Å². The van der Waals surface area contributed by atoms with Gasteiger partial charge in [0.05, 0.1) is 9.93 Å². The Kier molecular flexibility index (Phi) is 6.30. The molecule has 3 rings (SSSR count). The molecule has 1 amide bonds. The number of amides is 1. The number of benzene rings is 1. The van der Waals surface area contributed by atoms with Crippen molar-refractivity contribution in [1.82, 2.24) is 4.98 Å². The summed E-state index contributed by atoms with van der Waals surface area (Å²) in [6.45, 7) is 1.98. The summed E-state index contributed by atoms with van der Waals surface area (Å²) in [5, 5.41) is 2.83. The number of carbonyl (C=O) groups excluding carboxylic acids is 2. The minimum atomic E-state index is -0.374. The van der Waals surface area contributed by atoms with Crippen LogP contribution in [0.2, 0.25) is 0 Å². The van der Waals surface area contributed by atoms with Gasteiger partial charge in [0.2, 0.25) is 0 Å². The second-order valence-electron chi connectivity index (χ2n) is 5.63. The fraction of sp³-hybridized carbons (Fsp3) is 0.150. The van der Waals surface area contributed by atoms with Gasteiger partial charge in [0.25, 0.3) is 5.91 Å². The lowest BCUT2D eigenvalue weighted by Gasteiger charge is -2.09. The highest BCUT2D eigenvalue weighted by Crippen LogP contribution is 2.39. The summed E-state index contributed by atoms with van der Waals surface area (Å²) in [6.07, 6.45) is 4.71. The van der Waals surface area contributed by atoms with Crippen molar-refractivity contribution < 1.29 is 9.59 Å². The second kappa shape index (κ2) is 8.87. The fourth-order valence-electron chi connectivity index (χ4n) is 2.31. The van der Waals surface area contributed by atoms with E-state index in [4.69, 9.17) is 0 Å². The number of hydrogen-bond acceptors (Lipinski definition) is 5. The lowest BCUT2D eigenvalue weighted by molar-refractivity contribution is -0.117. The van der Waals surface area contributed by atoms with Gasteiger partial charge in [0.15, 0.2) is 5.78 Å². The zero-order valence-corrected chi connectivity index (χ0v) is 15.9. The molecule has 1 aliphatic heterocycles. The summed E-state index contributed by atoms with van der Waals surface area (Å²) in [5.41, 5.74) is 2.66. The van der Waals surface area contributed by atoms with Gasteiger partial charge in [-0.3, -0.25) is 14.6 Å². The molecule has 1 fully saturated rings. The lowest BCUT2D eigenvalue weighted by Crippen LogP contribution is -2.20. The number of carbonyl (C=O) groups is 2. The first kappa shape index (κ1) is 18.5. The van der Waals surface area contributed by atoms with Gasteiger partial charge in [-0.05, 0) is 43.3 Å². The molecule has 0 saturated carbocycles. The molecule has 132 valence electrons. The Hall–Kier alpha value is -2.31. The van der Waals surface area contributed by atoms with E-state index in [1.165, 1.54) is 6.08 Å². The molecule has 0 aliphatic carbocycles. The molecular weight excluding hydrogens is 364 g/mol. The van der Waals surface area contributed by atoms with Crippen LogP contribution in [0.25, 0.3) is 6.08 Å². The van der Waals surface area contributed by atoms with E-state index in [-0.39, 0.29) is 17.3 Å². The maximum Gasteiger partial charge on any atom is 0.261 e. The van der Waals surface area contributed by atoms with Crippen molar-refractivity contribution in [2.45, 2.75) is 6.92 Å². The molecule has 1 saturated heterocycles. The number of anilines is 1. The third-order valence-corrected chi connectivity index (χ3v) is 6.34. The van der Waals surface area contributed by atoms with E-state index < -0.39 is 0 Å². The highest BCUT2D eigenvalue weighted by atomic mass is 32.2. The van der Waals surface area contributed by atoms with Gasteiger partial charge >= 0.3 is 0 Å². The average molecular weight is 383 g/mol. The monoisotopic (exact) mass is 382 g/mol. The van der Waals surface area contributed by atoms with Gasteiger partial charge in [-0.15, -0.1) is 23.5 Å². The Balaban J connectivity index is 1.82. The molecule has 1 aliphatic rings. The van der Waals surface area contributed by atoms with Crippen LogP contribution < -0.4 is 5.32 Å². The number of pyridine rings is 1. The standard InChI is InChI=1S/C20H18N2O2S2/c1-14-5-7-16(8-6-14)22-19(24)18(20-25-12-13-26-20)17(23)10-9-15-4-2-3-11-21-15/h2-11H,12-13H2,1H3,(H,22,24)/b10-9+. The van der Waals surface area contributed by atoms with Crippen molar-refractivity contribution in [3.63, 3.8) is 0 Å². The van der Waals surface area contributed by atoms with Gasteiger partial charge in [0, 0.05) is 23.4 Å². The van der Waals surface area contributed by atoms with Gasteiger partial charge in [-0.25, -0.2) is 0 Å². The van der Waals surface area contributed by atoms with Crippen molar-refractivity contribution in [3.05, 3.63) is 75.8 Å².